The maximum Gasteiger partial charge on any atom is 0.106 e. The third-order valence-corrected chi connectivity index (χ3v) is 2.96. The van der Waals surface area contributed by atoms with Crippen LogP contribution in [0.5, 0.6) is 0 Å². The van der Waals surface area contributed by atoms with Gasteiger partial charge < -0.3 is 15.3 Å². The molecular weight excluding hydrogens is 204 g/mol. The van der Waals surface area contributed by atoms with E-state index in [2.05, 4.69) is 13.0 Å². The topological polar surface area (TPSA) is 60.7 Å². The summed E-state index contributed by atoms with van der Waals surface area (Å²) >= 11 is 0. The van der Waals surface area contributed by atoms with Gasteiger partial charge in [-0.1, -0.05) is 37.6 Å². The molecule has 92 valence electrons. The molecule has 0 aromatic heterocycles. The fourth-order valence-corrected chi connectivity index (χ4v) is 1.97. The quantitative estimate of drug-likeness (QED) is 0.635. The van der Waals surface area contributed by atoms with Gasteiger partial charge in [0.2, 0.25) is 0 Å². The van der Waals surface area contributed by atoms with Crippen LogP contribution in [0.3, 0.4) is 0 Å². The molecule has 0 aromatic carbocycles. The van der Waals surface area contributed by atoms with Gasteiger partial charge in [0.1, 0.15) is 6.10 Å². The molecule has 1 aliphatic carbocycles. The van der Waals surface area contributed by atoms with Gasteiger partial charge in [0.05, 0.1) is 12.2 Å². The first-order valence-corrected chi connectivity index (χ1v) is 6.02. The molecule has 3 nitrogen and oxygen atoms in total. The van der Waals surface area contributed by atoms with Gasteiger partial charge in [0.25, 0.3) is 0 Å². The van der Waals surface area contributed by atoms with Gasteiger partial charge in [-0.05, 0) is 25.2 Å². The van der Waals surface area contributed by atoms with E-state index in [0.29, 0.717) is 12.8 Å². The third kappa shape index (κ3) is 4.08. The molecule has 3 heteroatoms. The molecule has 0 amide bonds. The highest BCUT2D eigenvalue weighted by Gasteiger charge is 2.33. The first-order chi connectivity index (χ1) is 7.65. The van der Waals surface area contributed by atoms with E-state index in [1.807, 2.05) is 18.2 Å². The lowest BCUT2D eigenvalue weighted by Gasteiger charge is -2.32. The standard InChI is InChI=1S/C13H22O3/c1-2-3-4-5-6-7-10-8-11(14)13(16)12(15)9-10/h4-7,10-16H,2-3,8-9H2,1H3/b5-4+,7-6+/t10?,11-,12-,13?/m1/s1. The third-order valence-electron chi connectivity index (χ3n) is 2.96. The summed E-state index contributed by atoms with van der Waals surface area (Å²) in [6.45, 7) is 2.13. The lowest BCUT2D eigenvalue weighted by Crippen LogP contribution is -2.43. The fraction of sp³-hybridized carbons (Fsp3) is 0.692. The molecule has 1 fully saturated rings. The largest absolute Gasteiger partial charge is 0.390 e. The summed E-state index contributed by atoms with van der Waals surface area (Å²) in [6.07, 6.45) is 8.69. The Labute approximate surface area is 97.1 Å². The van der Waals surface area contributed by atoms with Crippen molar-refractivity contribution < 1.29 is 15.3 Å². The molecule has 0 radical (unpaired) electrons. The maximum atomic E-state index is 9.50. The zero-order valence-electron chi connectivity index (χ0n) is 9.79. The number of allylic oxidation sites excluding steroid dienone is 4. The Hall–Kier alpha value is -0.640. The van der Waals surface area contributed by atoms with Crippen LogP contribution in [-0.2, 0) is 0 Å². The Kier molecular flexibility index (Phi) is 5.74. The molecule has 3 N–H and O–H groups in total. The van der Waals surface area contributed by atoms with E-state index in [-0.39, 0.29) is 5.92 Å². The summed E-state index contributed by atoms with van der Waals surface area (Å²) < 4.78 is 0. The van der Waals surface area contributed by atoms with Gasteiger partial charge in [-0.25, -0.2) is 0 Å². The zero-order chi connectivity index (χ0) is 12.0. The van der Waals surface area contributed by atoms with E-state index in [1.165, 1.54) is 0 Å². The van der Waals surface area contributed by atoms with E-state index in [4.69, 9.17) is 0 Å². The first kappa shape index (κ1) is 13.4. The lowest BCUT2D eigenvalue weighted by molar-refractivity contribution is -0.0940. The number of rotatable bonds is 4. The summed E-state index contributed by atoms with van der Waals surface area (Å²) in [6, 6.07) is 0. The predicted octanol–water partition coefficient (Wildman–Crippen LogP) is 1.39. The van der Waals surface area contributed by atoms with E-state index in [0.717, 1.165) is 12.8 Å². The molecule has 2 atom stereocenters. The van der Waals surface area contributed by atoms with Crippen molar-refractivity contribution in [1.82, 2.24) is 0 Å². The second kappa shape index (κ2) is 6.84. The SMILES string of the molecule is CCC/C=C/C=C/C1C[C@@H](O)C(O)[C@H](O)C1. The van der Waals surface area contributed by atoms with E-state index in [1.54, 1.807) is 0 Å². The minimum atomic E-state index is -0.986. The average molecular weight is 226 g/mol. The molecule has 16 heavy (non-hydrogen) atoms. The molecule has 1 saturated carbocycles. The van der Waals surface area contributed by atoms with Crippen LogP contribution in [0.1, 0.15) is 32.6 Å². The molecule has 0 spiro atoms. The van der Waals surface area contributed by atoms with Crippen molar-refractivity contribution in [3.05, 3.63) is 24.3 Å². The highest BCUT2D eigenvalue weighted by molar-refractivity contribution is 5.06. The highest BCUT2D eigenvalue weighted by Crippen LogP contribution is 2.26. The molecule has 0 saturated heterocycles. The normalized spacial score (nSPS) is 36.2. The summed E-state index contributed by atoms with van der Waals surface area (Å²) in [4.78, 5) is 0. The van der Waals surface area contributed by atoms with Gasteiger partial charge >= 0.3 is 0 Å². The van der Waals surface area contributed by atoms with Crippen molar-refractivity contribution >= 4 is 0 Å². The maximum absolute atomic E-state index is 9.50. The summed E-state index contributed by atoms with van der Waals surface area (Å²) in [5, 5.41) is 28.4. The molecule has 0 aromatic rings. The van der Waals surface area contributed by atoms with Gasteiger partial charge in [-0.2, -0.15) is 0 Å². The summed E-state index contributed by atoms with van der Waals surface area (Å²) in [7, 11) is 0. The van der Waals surface area contributed by atoms with Crippen molar-refractivity contribution in [1.29, 1.82) is 0 Å². The molecule has 1 aliphatic rings. The second-order valence-corrected chi connectivity index (χ2v) is 4.46. The molecule has 0 bridgehead atoms. The van der Waals surface area contributed by atoms with E-state index < -0.39 is 18.3 Å². The lowest BCUT2D eigenvalue weighted by atomic mass is 9.83. The minimum absolute atomic E-state index is 0.152. The van der Waals surface area contributed by atoms with Crippen LogP contribution in [0.25, 0.3) is 0 Å². The zero-order valence-corrected chi connectivity index (χ0v) is 9.79. The van der Waals surface area contributed by atoms with Crippen molar-refractivity contribution in [3.63, 3.8) is 0 Å². The Bertz CT molecular complexity index is 236. The Morgan fingerprint density at radius 3 is 2.25 bits per heavy atom. The van der Waals surface area contributed by atoms with Crippen molar-refractivity contribution in [2.75, 3.05) is 0 Å². The summed E-state index contributed by atoms with van der Waals surface area (Å²) in [5.41, 5.74) is 0. The molecule has 0 heterocycles. The summed E-state index contributed by atoms with van der Waals surface area (Å²) in [5.74, 6) is 0.152. The van der Waals surface area contributed by atoms with Crippen LogP contribution in [0.4, 0.5) is 0 Å². The number of aliphatic hydroxyl groups excluding tert-OH is 3. The van der Waals surface area contributed by atoms with E-state index in [9.17, 15) is 15.3 Å². The van der Waals surface area contributed by atoms with Gasteiger partial charge in [0.15, 0.2) is 0 Å². The van der Waals surface area contributed by atoms with Crippen LogP contribution in [0, 0.1) is 5.92 Å². The Balaban J connectivity index is 2.38. The average Bonchev–Trinajstić information content (AvgIpc) is 2.25. The highest BCUT2D eigenvalue weighted by atomic mass is 16.4. The van der Waals surface area contributed by atoms with Crippen molar-refractivity contribution in [2.45, 2.75) is 50.9 Å². The molecule has 0 unspecified atom stereocenters. The second-order valence-electron chi connectivity index (χ2n) is 4.46. The van der Waals surface area contributed by atoms with Crippen LogP contribution < -0.4 is 0 Å². The molecule has 0 aliphatic heterocycles. The predicted molar refractivity (Wildman–Crippen MR) is 63.9 cm³/mol. The number of hydrogen-bond acceptors (Lipinski definition) is 3. The number of hydrogen-bond donors (Lipinski definition) is 3. The number of aliphatic hydroxyl groups is 3. The molecule has 1 rings (SSSR count). The Morgan fingerprint density at radius 1 is 1.06 bits per heavy atom. The molecular formula is C13H22O3. The minimum Gasteiger partial charge on any atom is -0.390 e. The monoisotopic (exact) mass is 226 g/mol. The van der Waals surface area contributed by atoms with Gasteiger partial charge in [-0.3, -0.25) is 0 Å². The van der Waals surface area contributed by atoms with Crippen LogP contribution in [0.15, 0.2) is 24.3 Å². The number of unbranched alkanes of at least 4 members (excludes halogenated alkanes) is 1. The smallest absolute Gasteiger partial charge is 0.106 e. The van der Waals surface area contributed by atoms with Gasteiger partial charge in [0, 0.05) is 0 Å². The first-order valence-electron chi connectivity index (χ1n) is 6.02. The van der Waals surface area contributed by atoms with E-state index >= 15 is 0 Å². The van der Waals surface area contributed by atoms with Crippen LogP contribution in [-0.4, -0.2) is 33.6 Å². The van der Waals surface area contributed by atoms with Crippen LogP contribution in [0.2, 0.25) is 0 Å². The van der Waals surface area contributed by atoms with Crippen LogP contribution >= 0.6 is 0 Å². The van der Waals surface area contributed by atoms with Crippen molar-refractivity contribution in [2.24, 2.45) is 5.92 Å². The van der Waals surface area contributed by atoms with Crippen molar-refractivity contribution in [3.8, 4) is 0 Å². The fourth-order valence-electron chi connectivity index (χ4n) is 1.97. The van der Waals surface area contributed by atoms with Gasteiger partial charge in [-0.15, -0.1) is 0 Å². The Morgan fingerprint density at radius 2 is 1.69 bits per heavy atom.